The number of hydrogen-bond donors (Lipinski definition) is 0. The molecule has 4 heteroatoms. The number of esters is 1. The van der Waals surface area contributed by atoms with Crippen LogP contribution in [0.2, 0.25) is 0 Å². The molecule has 0 aromatic heterocycles. The topological polar surface area (TPSA) is 44.8 Å². The van der Waals surface area contributed by atoms with Gasteiger partial charge in [0.1, 0.15) is 12.2 Å². The van der Waals surface area contributed by atoms with Crippen LogP contribution < -0.4 is 0 Å². The lowest BCUT2D eigenvalue weighted by Crippen LogP contribution is -2.39. The molecule has 1 aliphatic carbocycles. The zero-order chi connectivity index (χ0) is 14.7. The molecule has 1 aromatic carbocycles. The fourth-order valence-corrected chi connectivity index (χ4v) is 2.87. The van der Waals surface area contributed by atoms with Gasteiger partial charge in [-0.05, 0) is 32.6 Å². The van der Waals surface area contributed by atoms with E-state index in [4.69, 9.17) is 14.2 Å². The first-order valence-electron chi connectivity index (χ1n) is 7.59. The third kappa shape index (κ3) is 2.89. The van der Waals surface area contributed by atoms with Crippen molar-refractivity contribution in [2.24, 2.45) is 0 Å². The minimum Gasteiger partial charge on any atom is -0.482 e. The number of ether oxygens (including phenoxy) is 3. The lowest BCUT2D eigenvalue weighted by Gasteiger charge is -2.37. The maximum Gasteiger partial charge on any atom is 0.377 e. The first kappa shape index (κ1) is 14.0. The summed E-state index contributed by atoms with van der Waals surface area (Å²) in [5.41, 5.74) is 0.851. The lowest BCUT2D eigenvalue weighted by atomic mass is 9.93. The third-order valence-corrected chi connectivity index (χ3v) is 3.88. The molecule has 0 saturated heterocycles. The molecule has 21 heavy (non-hydrogen) atoms. The fraction of sp³-hybridized carbons (Fsp3) is 0.471. The Bertz CT molecular complexity index is 535. The van der Waals surface area contributed by atoms with E-state index in [1.54, 1.807) is 6.92 Å². The number of hydrogen-bond acceptors (Lipinski definition) is 4. The average Bonchev–Trinajstić information content (AvgIpc) is 2.54. The average molecular weight is 288 g/mol. The third-order valence-electron chi connectivity index (χ3n) is 3.88. The van der Waals surface area contributed by atoms with Crippen LogP contribution in [0, 0.1) is 0 Å². The Labute approximate surface area is 124 Å². The summed E-state index contributed by atoms with van der Waals surface area (Å²) in [5, 5.41) is 0. The molecule has 2 atom stereocenters. The molecule has 1 aromatic rings. The number of benzene rings is 1. The van der Waals surface area contributed by atoms with Gasteiger partial charge in [-0.2, -0.15) is 0 Å². The van der Waals surface area contributed by atoms with Crippen molar-refractivity contribution in [2.45, 2.75) is 44.8 Å². The monoisotopic (exact) mass is 288 g/mol. The van der Waals surface area contributed by atoms with E-state index in [0.717, 1.165) is 31.2 Å². The molecule has 0 radical (unpaired) electrons. The van der Waals surface area contributed by atoms with Gasteiger partial charge in [-0.1, -0.05) is 30.3 Å². The zero-order valence-electron chi connectivity index (χ0n) is 12.2. The van der Waals surface area contributed by atoms with Crippen molar-refractivity contribution in [3.8, 4) is 0 Å². The van der Waals surface area contributed by atoms with Crippen molar-refractivity contribution in [2.75, 3.05) is 6.61 Å². The van der Waals surface area contributed by atoms with E-state index in [9.17, 15) is 4.79 Å². The summed E-state index contributed by atoms with van der Waals surface area (Å²) in [4.78, 5) is 12.2. The summed E-state index contributed by atoms with van der Waals surface area (Å²) < 4.78 is 17.2. The Hall–Kier alpha value is -1.97. The number of rotatable bonds is 3. The van der Waals surface area contributed by atoms with Crippen molar-refractivity contribution < 1.29 is 19.0 Å². The molecule has 0 spiro atoms. The molecule has 2 aliphatic rings. The van der Waals surface area contributed by atoms with E-state index < -0.39 is 5.97 Å². The van der Waals surface area contributed by atoms with Crippen molar-refractivity contribution in [1.82, 2.24) is 0 Å². The van der Waals surface area contributed by atoms with Gasteiger partial charge in [0.25, 0.3) is 0 Å². The molecule has 0 unspecified atom stereocenters. The lowest BCUT2D eigenvalue weighted by molar-refractivity contribution is -0.148. The van der Waals surface area contributed by atoms with Crippen LogP contribution in [-0.2, 0) is 19.0 Å². The van der Waals surface area contributed by atoms with Crippen molar-refractivity contribution in [1.29, 1.82) is 0 Å². The van der Waals surface area contributed by atoms with Crippen LogP contribution in [0.3, 0.4) is 0 Å². The van der Waals surface area contributed by atoms with Crippen LogP contribution in [0.1, 0.15) is 38.2 Å². The molecule has 1 saturated carbocycles. The van der Waals surface area contributed by atoms with Gasteiger partial charge in [0, 0.05) is 5.56 Å². The molecule has 4 nitrogen and oxygen atoms in total. The van der Waals surface area contributed by atoms with Gasteiger partial charge in [-0.3, -0.25) is 0 Å². The fourth-order valence-electron chi connectivity index (χ4n) is 2.87. The summed E-state index contributed by atoms with van der Waals surface area (Å²) in [6, 6.07) is 9.60. The maximum absolute atomic E-state index is 12.2. The van der Waals surface area contributed by atoms with Gasteiger partial charge in [0.15, 0.2) is 5.76 Å². The van der Waals surface area contributed by atoms with E-state index >= 15 is 0 Å². The van der Waals surface area contributed by atoms with Crippen LogP contribution in [0.4, 0.5) is 0 Å². The molecular formula is C17H20O4. The Morgan fingerprint density at radius 1 is 1.14 bits per heavy atom. The standard InChI is InChI=1S/C17H20O4/c1-2-19-17(18)16-15(12-8-4-3-5-9-12)20-13-10-6-7-11-14(13)21-16/h3-5,8-9,13-14H,2,6-7,10-11H2,1H3/t13-,14-/m1/s1. The first-order valence-corrected chi connectivity index (χ1v) is 7.59. The maximum atomic E-state index is 12.2. The Morgan fingerprint density at radius 2 is 1.81 bits per heavy atom. The van der Waals surface area contributed by atoms with Crippen LogP contribution in [0.15, 0.2) is 36.1 Å². The molecule has 0 bridgehead atoms. The molecule has 0 amide bonds. The number of carbonyl (C=O) groups excluding carboxylic acids is 1. The van der Waals surface area contributed by atoms with Crippen molar-refractivity contribution in [3.05, 3.63) is 41.7 Å². The second-order valence-electron chi connectivity index (χ2n) is 5.34. The number of fused-ring (bicyclic) bond motifs is 1. The Morgan fingerprint density at radius 3 is 2.48 bits per heavy atom. The number of carbonyl (C=O) groups is 1. The second-order valence-corrected chi connectivity index (χ2v) is 5.34. The predicted octanol–water partition coefficient (Wildman–Crippen LogP) is 3.28. The minimum absolute atomic E-state index is 0.0344. The van der Waals surface area contributed by atoms with Gasteiger partial charge in [-0.25, -0.2) is 4.79 Å². The normalized spacial score (nSPS) is 24.6. The smallest absolute Gasteiger partial charge is 0.377 e. The zero-order valence-corrected chi connectivity index (χ0v) is 12.2. The van der Waals surface area contributed by atoms with E-state index in [-0.39, 0.29) is 18.0 Å². The van der Waals surface area contributed by atoms with Gasteiger partial charge in [-0.15, -0.1) is 0 Å². The van der Waals surface area contributed by atoms with Crippen LogP contribution in [0.5, 0.6) is 0 Å². The highest BCUT2D eigenvalue weighted by atomic mass is 16.6. The molecule has 1 fully saturated rings. The van der Waals surface area contributed by atoms with Crippen molar-refractivity contribution in [3.63, 3.8) is 0 Å². The summed E-state index contributed by atoms with van der Waals surface area (Å²) in [5.74, 6) is 0.281. The second kappa shape index (κ2) is 6.20. The first-order chi connectivity index (χ1) is 10.3. The molecule has 112 valence electrons. The Kier molecular flexibility index (Phi) is 4.13. The predicted molar refractivity (Wildman–Crippen MR) is 78.2 cm³/mol. The Balaban J connectivity index is 1.97. The van der Waals surface area contributed by atoms with Gasteiger partial charge < -0.3 is 14.2 Å². The minimum atomic E-state index is -0.444. The molecular weight excluding hydrogens is 268 g/mol. The summed E-state index contributed by atoms with van der Waals surface area (Å²) >= 11 is 0. The highest BCUT2D eigenvalue weighted by Gasteiger charge is 2.38. The van der Waals surface area contributed by atoms with Crippen LogP contribution in [0.25, 0.3) is 5.76 Å². The van der Waals surface area contributed by atoms with Gasteiger partial charge >= 0.3 is 5.97 Å². The van der Waals surface area contributed by atoms with Crippen molar-refractivity contribution >= 4 is 11.7 Å². The molecule has 3 rings (SSSR count). The molecule has 0 N–H and O–H groups in total. The van der Waals surface area contributed by atoms with Crippen LogP contribution in [-0.4, -0.2) is 24.8 Å². The molecule has 1 heterocycles. The van der Waals surface area contributed by atoms with E-state index in [0.29, 0.717) is 12.4 Å². The SMILES string of the molecule is CCOC(=O)C1=C(c2ccccc2)O[C@@H]2CCCC[C@H]2O1. The summed E-state index contributed by atoms with van der Waals surface area (Å²) in [6.45, 7) is 2.11. The molecule has 1 aliphatic heterocycles. The van der Waals surface area contributed by atoms with E-state index in [1.807, 2.05) is 30.3 Å². The van der Waals surface area contributed by atoms with Crippen LogP contribution >= 0.6 is 0 Å². The van der Waals surface area contributed by atoms with E-state index in [1.165, 1.54) is 0 Å². The summed E-state index contributed by atoms with van der Waals surface area (Å²) in [7, 11) is 0. The van der Waals surface area contributed by atoms with Gasteiger partial charge in [0.2, 0.25) is 5.76 Å². The quantitative estimate of drug-likeness (QED) is 0.801. The van der Waals surface area contributed by atoms with E-state index in [2.05, 4.69) is 0 Å². The van der Waals surface area contributed by atoms with Gasteiger partial charge in [0.05, 0.1) is 6.61 Å². The largest absolute Gasteiger partial charge is 0.482 e. The highest BCUT2D eigenvalue weighted by molar-refractivity contribution is 5.94. The summed E-state index contributed by atoms with van der Waals surface area (Å²) in [6.07, 6.45) is 4.15. The highest BCUT2D eigenvalue weighted by Crippen LogP contribution is 2.36.